The van der Waals surface area contributed by atoms with Gasteiger partial charge in [-0.05, 0) is 68.5 Å². The molecule has 0 aliphatic carbocycles. The largest absolute Gasteiger partial charge is 0.316 e. The Balaban J connectivity index is 2.36. The lowest BCUT2D eigenvalue weighted by atomic mass is 9.98. The van der Waals surface area contributed by atoms with Gasteiger partial charge in [-0.2, -0.15) is 0 Å². The van der Waals surface area contributed by atoms with Crippen molar-refractivity contribution in [3.63, 3.8) is 0 Å². The van der Waals surface area contributed by atoms with Gasteiger partial charge in [0.25, 0.3) is 0 Å². The second-order valence-electron chi connectivity index (χ2n) is 4.92. The Hall–Kier alpha value is -0.890. The van der Waals surface area contributed by atoms with Crippen LogP contribution in [0.25, 0.3) is 0 Å². The second kappa shape index (κ2) is 7.44. The zero-order valence-corrected chi connectivity index (χ0v) is 11.2. The van der Waals surface area contributed by atoms with Crippen molar-refractivity contribution in [2.45, 2.75) is 40.0 Å². The maximum absolute atomic E-state index is 13.1. The van der Waals surface area contributed by atoms with Gasteiger partial charge in [0.05, 0.1) is 0 Å². The highest BCUT2D eigenvalue weighted by atomic mass is 19.1. The molecule has 0 aromatic heterocycles. The Bertz CT molecular complexity index is 336. The fraction of sp³-hybridized carbons (Fsp3) is 0.600. The molecule has 0 aliphatic rings. The van der Waals surface area contributed by atoms with Crippen molar-refractivity contribution in [3.8, 4) is 0 Å². The lowest BCUT2D eigenvalue weighted by Gasteiger charge is -2.13. The first-order chi connectivity index (χ1) is 8.13. The molecule has 0 saturated heterocycles. The Kier molecular flexibility index (Phi) is 6.20. The van der Waals surface area contributed by atoms with Gasteiger partial charge in [0.2, 0.25) is 0 Å². The average Bonchev–Trinajstić information content (AvgIpc) is 2.31. The summed E-state index contributed by atoms with van der Waals surface area (Å²) in [5, 5.41) is 3.42. The third kappa shape index (κ3) is 5.31. The van der Waals surface area contributed by atoms with Crippen LogP contribution >= 0.6 is 0 Å². The molecule has 0 fully saturated rings. The average molecular weight is 237 g/mol. The van der Waals surface area contributed by atoms with Gasteiger partial charge in [0, 0.05) is 0 Å². The van der Waals surface area contributed by atoms with Gasteiger partial charge >= 0.3 is 0 Å². The van der Waals surface area contributed by atoms with Crippen LogP contribution in [0.1, 0.15) is 37.8 Å². The first kappa shape index (κ1) is 14.2. The Morgan fingerprint density at radius 1 is 1.35 bits per heavy atom. The topological polar surface area (TPSA) is 12.0 Å². The molecule has 1 N–H and O–H groups in total. The van der Waals surface area contributed by atoms with Gasteiger partial charge in [-0.25, -0.2) is 4.39 Å². The van der Waals surface area contributed by atoms with E-state index in [0.29, 0.717) is 5.92 Å². The van der Waals surface area contributed by atoms with E-state index in [9.17, 15) is 4.39 Å². The molecule has 2 heteroatoms. The number of hydrogen-bond acceptors (Lipinski definition) is 1. The van der Waals surface area contributed by atoms with Gasteiger partial charge in [-0.1, -0.05) is 19.9 Å². The summed E-state index contributed by atoms with van der Waals surface area (Å²) in [6.07, 6.45) is 3.26. The van der Waals surface area contributed by atoms with Crippen LogP contribution in [0.2, 0.25) is 0 Å². The van der Waals surface area contributed by atoms with E-state index in [1.165, 1.54) is 18.1 Å². The molecule has 0 aliphatic heterocycles. The van der Waals surface area contributed by atoms with Crippen molar-refractivity contribution >= 4 is 0 Å². The van der Waals surface area contributed by atoms with E-state index < -0.39 is 0 Å². The third-order valence-electron chi connectivity index (χ3n) is 3.14. The number of halogens is 1. The monoisotopic (exact) mass is 237 g/mol. The van der Waals surface area contributed by atoms with Crippen LogP contribution < -0.4 is 5.32 Å². The number of aryl methyl sites for hydroxylation is 2. The molecule has 1 aromatic carbocycles. The number of benzene rings is 1. The summed E-state index contributed by atoms with van der Waals surface area (Å²) in [5.74, 6) is 0.520. The molecule has 0 bridgehead atoms. The Morgan fingerprint density at radius 3 is 2.82 bits per heavy atom. The second-order valence-corrected chi connectivity index (χ2v) is 4.92. The van der Waals surface area contributed by atoms with Crippen LogP contribution in [0, 0.1) is 18.7 Å². The van der Waals surface area contributed by atoms with E-state index in [1.807, 2.05) is 6.07 Å². The fourth-order valence-corrected chi connectivity index (χ4v) is 1.94. The van der Waals surface area contributed by atoms with Crippen LogP contribution in [-0.2, 0) is 6.42 Å². The van der Waals surface area contributed by atoms with Crippen molar-refractivity contribution in [1.82, 2.24) is 5.32 Å². The van der Waals surface area contributed by atoms with Crippen molar-refractivity contribution in [2.75, 3.05) is 13.1 Å². The number of hydrogen-bond donors (Lipinski definition) is 1. The van der Waals surface area contributed by atoms with E-state index >= 15 is 0 Å². The summed E-state index contributed by atoms with van der Waals surface area (Å²) in [5.41, 5.74) is 2.34. The van der Waals surface area contributed by atoms with Crippen LogP contribution in [-0.4, -0.2) is 13.1 Å². The van der Waals surface area contributed by atoms with E-state index in [0.717, 1.165) is 31.5 Å². The van der Waals surface area contributed by atoms with Crippen molar-refractivity contribution < 1.29 is 4.39 Å². The van der Waals surface area contributed by atoms with Crippen LogP contribution in [0.4, 0.5) is 4.39 Å². The van der Waals surface area contributed by atoms with Crippen molar-refractivity contribution in [1.29, 1.82) is 0 Å². The number of rotatable bonds is 7. The molecule has 0 amide bonds. The molecule has 17 heavy (non-hydrogen) atoms. The summed E-state index contributed by atoms with van der Waals surface area (Å²) < 4.78 is 13.1. The highest BCUT2D eigenvalue weighted by Gasteiger charge is 2.05. The van der Waals surface area contributed by atoms with Crippen molar-refractivity contribution in [2.24, 2.45) is 5.92 Å². The molecule has 1 atom stereocenters. The molecule has 0 spiro atoms. The summed E-state index contributed by atoms with van der Waals surface area (Å²) in [7, 11) is 0. The molecule has 0 radical (unpaired) electrons. The quantitative estimate of drug-likeness (QED) is 0.713. The standard InChI is InChI=1S/C15H24FN/c1-4-9-17-11-12(2)5-7-14-10-15(16)8-6-13(14)3/h6,8,10,12,17H,4-5,7,9,11H2,1-3H3. The van der Waals surface area contributed by atoms with Gasteiger partial charge in [0.15, 0.2) is 0 Å². The Morgan fingerprint density at radius 2 is 2.12 bits per heavy atom. The minimum atomic E-state index is -0.123. The third-order valence-corrected chi connectivity index (χ3v) is 3.14. The summed E-state index contributed by atoms with van der Waals surface area (Å²) in [4.78, 5) is 0. The van der Waals surface area contributed by atoms with E-state index in [2.05, 4.69) is 26.1 Å². The highest BCUT2D eigenvalue weighted by molar-refractivity contribution is 5.26. The minimum absolute atomic E-state index is 0.123. The summed E-state index contributed by atoms with van der Waals surface area (Å²) >= 11 is 0. The first-order valence-corrected chi connectivity index (χ1v) is 6.59. The number of nitrogens with one attached hydrogen (secondary N) is 1. The molecule has 1 unspecified atom stereocenters. The molecule has 0 heterocycles. The van der Waals surface area contributed by atoms with Crippen LogP contribution in [0.5, 0.6) is 0 Å². The lowest BCUT2D eigenvalue weighted by molar-refractivity contribution is 0.480. The van der Waals surface area contributed by atoms with E-state index in [4.69, 9.17) is 0 Å². The van der Waals surface area contributed by atoms with Crippen LogP contribution in [0.3, 0.4) is 0 Å². The minimum Gasteiger partial charge on any atom is -0.316 e. The molecular formula is C15H24FN. The molecule has 96 valence electrons. The van der Waals surface area contributed by atoms with Crippen LogP contribution in [0.15, 0.2) is 18.2 Å². The highest BCUT2D eigenvalue weighted by Crippen LogP contribution is 2.15. The van der Waals surface area contributed by atoms with Gasteiger partial charge in [0.1, 0.15) is 5.82 Å². The van der Waals surface area contributed by atoms with E-state index in [1.54, 1.807) is 6.07 Å². The molecule has 1 rings (SSSR count). The predicted molar refractivity (Wildman–Crippen MR) is 71.8 cm³/mol. The maximum atomic E-state index is 13.1. The molecule has 0 saturated carbocycles. The fourth-order valence-electron chi connectivity index (χ4n) is 1.94. The Labute approximate surface area is 104 Å². The van der Waals surface area contributed by atoms with E-state index in [-0.39, 0.29) is 5.82 Å². The van der Waals surface area contributed by atoms with Gasteiger partial charge in [-0.15, -0.1) is 0 Å². The SMILES string of the molecule is CCCNCC(C)CCc1cc(F)ccc1C. The lowest BCUT2D eigenvalue weighted by Crippen LogP contribution is -2.22. The normalized spacial score (nSPS) is 12.7. The smallest absolute Gasteiger partial charge is 0.123 e. The molecule has 1 nitrogen and oxygen atoms in total. The first-order valence-electron chi connectivity index (χ1n) is 6.59. The van der Waals surface area contributed by atoms with Crippen molar-refractivity contribution in [3.05, 3.63) is 35.1 Å². The molecular weight excluding hydrogens is 213 g/mol. The maximum Gasteiger partial charge on any atom is 0.123 e. The molecule has 1 aromatic rings. The predicted octanol–water partition coefficient (Wildman–Crippen LogP) is 3.70. The zero-order chi connectivity index (χ0) is 12.7. The van der Waals surface area contributed by atoms with Gasteiger partial charge < -0.3 is 5.32 Å². The zero-order valence-electron chi connectivity index (χ0n) is 11.2. The van der Waals surface area contributed by atoms with Gasteiger partial charge in [-0.3, -0.25) is 0 Å². The summed E-state index contributed by atoms with van der Waals surface area (Å²) in [6, 6.07) is 5.07. The summed E-state index contributed by atoms with van der Waals surface area (Å²) in [6.45, 7) is 8.62.